The molecule has 1 aromatic carbocycles. The second-order valence-corrected chi connectivity index (χ2v) is 9.53. The second-order valence-electron chi connectivity index (χ2n) is 5.68. The average molecular weight is 507 g/mol. The highest BCUT2D eigenvalue weighted by atomic mass is 35.5. The van der Waals surface area contributed by atoms with Crippen LogP contribution in [-0.2, 0) is 29.7 Å². The number of nitro groups is 1. The van der Waals surface area contributed by atoms with Gasteiger partial charge in [0.05, 0.1) is 5.02 Å². The van der Waals surface area contributed by atoms with Crippen LogP contribution in [0.2, 0.25) is 5.02 Å². The Morgan fingerprint density at radius 2 is 1.81 bits per heavy atom. The number of benzene rings is 1. The quantitative estimate of drug-likeness (QED) is 0.303. The number of anilines is 1. The van der Waals surface area contributed by atoms with E-state index in [0.29, 0.717) is 16.4 Å². The maximum Gasteiger partial charge on any atom is 0.294 e. The highest BCUT2D eigenvalue weighted by Gasteiger charge is 2.43. The summed E-state index contributed by atoms with van der Waals surface area (Å²) >= 11 is 5.77. The van der Waals surface area contributed by atoms with Crippen molar-refractivity contribution in [3.8, 4) is 0 Å². The molecule has 1 unspecified atom stereocenters. The van der Waals surface area contributed by atoms with Gasteiger partial charge < -0.3 is 9.68 Å². The summed E-state index contributed by atoms with van der Waals surface area (Å²) in [6.45, 7) is -3.12. The summed E-state index contributed by atoms with van der Waals surface area (Å²) in [5.41, 5.74) is -0.605. The summed E-state index contributed by atoms with van der Waals surface area (Å²) in [4.78, 5) is 38.7. The Balaban J connectivity index is 2.57. The molecule has 0 spiro atoms. The number of hydrogen-bond acceptors (Lipinski definition) is 12. The van der Waals surface area contributed by atoms with Crippen LogP contribution in [0.15, 0.2) is 21.9 Å². The zero-order chi connectivity index (χ0) is 23.7. The molecular weight excluding hydrogens is 496 g/mol. The van der Waals surface area contributed by atoms with Crippen molar-refractivity contribution in [1.82, 2.24) is 4.31 Å². The highest BCUT2D eigenvalue weighted by molar-refractivity contribution is 7.90. The fraction of sp³-hybridized carbons (Fsp3) is 0.400. The Hall–Kier alpha value is -3.07. The largest absolute Gasteiger partial charge is 0.312 e. The van der Waals surface area contributed by atoms with Gasteiger partial charge in [0.1, 0.15) is 28.2 Å². The van der Waals surface area contributed by atoms with E-state index in [1.807, 2.05) is 0 Å². The summed E-state index contributed by atoms with van der Waals surface area (Å²) in [5.74, 6) is 0. The molecule has 2 N–H and O–H groups in total. The molecule has 0 bridgehead atoms. The first-order valence-electron chi connectivity index (χ1n) is 7.51. The molecule has 1 aromatic rings. The second kappa shape index (κ2) is 8.58. The monoisotopic (exact) mass is 506 g/mol. The molecule has 31 heavy (non-hydrogen) atoms. The van der Waals surface area contributed by atoms with E-state index in [1.165, 1.54) is 0 Å². The number of hydrogen-bond donors (Lipinski definition) is 1. The van der Waals surface area contributed by atoms with E-state index in [9.17, 15) is 47.2 Å². The third-order valence-electron chi connectivity index (χ3n) is 3.71. The molecule has 0 saturated carbocycles. The molecule has 1 aliphatic rings. The molecule has 21 heteroatoms. The van der Waals surface area contributed by atoms with Gasteiger partial charge in [-0.05, 0) is 12.1 Å². The fourth-order valence-electron chi connectivity index (χ4n) is 2.50. The number of nitrogens with two attached hydrogens (primary N) is 1. The number of fused-ring (bicyclic) bond motifs is 1. The van der Waals surface area contributed by atoms with E-state index >= 15 is 0 Å². The van der Waals surface area contributed by atoms with Gasteiger partial charge in [-0.25, -0.2) is 32.1 Å². The van der Waals surface area contributed by atoms with Gasteiger partial charge in [-0.2, -0.15) is 4.31 Å². The molecule has 0 fully saturated rings. The summed E-state index contributed by atoms with van der Waals surface area (Å²) in [6, 6.07) is 1.19. The van der Waals surface area contributed by atoms with E-state index in [4.69, 9.17) is 16.7 Å². The first-order valence-corrected chi connectivity index (χ1v) is 10.9. The van der Waals surface area contributed by atoms with E-state index in [0.717, 1.165) is 0 Å². The molecule has 0 radical (unpaired) electrons. The lowest BCUT2D eigenvalue weighted by Gasteiger charge is -2.33. The van der Waals surface area contributed by atoms with Gasteiger partial charge in [0.2, 0.25) is 20.0 Å². The first-order chi connectivity index (χ1) is 14.1. The molecule has 2 rings (SSSR count). The van der Waals surface area contributed by atoms with Crippen LogP contribution in [-0.4, -0.2) is 62.3 Å². The number of hydrazine groups is 1. The van der Waals surface area contributed by atoms with Gasteiger partial charge in [0.15, 0.2) is 11.7 Å². The van der Waals surface area contributed by atoms with Crippen molar-refractivity contribution in [3.05, 3.63) is 47.5 Å². The Morgan fingerprint density at radius 1 is 1.19 bits per heavy atom. The minimum absolute atomic E-state index is 0.257. The molecule has 0 aromatic heterocycles. The van der Waals surface area contributed by atoms with Crippen molar-refractivity contribution in [2.45, 2.75) is 15.9 Å². The lowest BCUT2D eigenvalue weighted by molar-refractivity contribution is -0.789. The van der Waals surface area contributed by atoms with Crippen LogP contribution in [0.25, 0.3) is 0 Å². The van der Waals surface area contributed by atoms with Crippen LogP contribution in [0.4, 0.5) is 5.69 Å². The van der Waals surface area contributed by atoms with Crippen molar-refractivity contribution in [3.63, 3.8) is 0 Å². The van der Waals surface area contributed by atoms with Gasteiger partial charge >= 0.3 is 0 Å². The van der Waals surface area contributed by atoms with E-state index < -0.39 is 81.7 Å². The van der Waals surface area contributed by atoms with E-state index in [2.05, 4.69) is 9.68 Å². The van der Waals surface area contributed by atoms with E-state index in [1.54, 1.807) is 0 Å². The fourth-order valence-corrected chi connectivity index (χ4v) is 5.26. The van der Waals surface area contributed by atoms with Crippen LogP contribution in [0.1, 0.15) is 0 Å². The maximum absolute atomic E-state index is 12.9. The molecule has 172 valence electrons. The molecule has 1 aliphatic heterocycles. The summed E-state index contributed by atoms with van der Waals surface area (Å²) in [6.07, 6.45) is -1.87. The Kier molecular flexibility index (Phi) is 6.70. The summed E-state index contributed by atoms with van der Waals surface area (Å²) in [7, 11) is -9.28. The number of primary sulfonamides is 1. The van der Waals surface area contributed by atoms with E-state index in [-0.39, 0.29) is 5.01 Å². The van der Waals surface area contributed by atoms with Crippen molar-refractivity contribution in [2.24, 2.45) is 5.14 Å². The van der Waals surface area contributed by atoms with Crippen LogP contribution < -0.4 is 10.1 Å². The first kappa shape index (κ1) is 24.2. The van der Waals surface area contributed by atoms with Gasteiger partial charge in [-0.3, -0.25) is 0 Å². The Labute approximate surface area is 177 Å². The maximum atomic E-state index is 12.9. The third-order valence-corrected chi connectivity index (χ3v) is 6.92. The van der Waals surface area contributed by atoms with Crippen molar-refractivity contribution in [2.75, 3.05) is 24.8 Å². The highest BCUT2D eigenvalue weighted by Crippen LogP contribution is 2.38. The number of rotatable bonds is 9. The van der Waals surface area contributed by atoms with Crippen LogP contribution in [0.5, 0.6) is 0 Å². The van der Waals surface area contributed by atoms with Crippen LogP contribution in [0.3, 0.4) is 0 Å². The minimum atomic E-state index is -4.74. The molecule has 0 amide bonds. The predicted molar refractivity (Wildman–Crippen MR) is 95.9 cm³/mol. The zero-order valence-electron chi connectivity index (χ0n) is 14.8. The molecule has 18 nitrogen and oxygen atoms in total. The summed E-state index contributed by atoms with van der Waals surface area (Å²) in [5, 5.41) is 33.2. The topological polar surface area (TPSA) is 249 Å². The van der Waals surface area contributed by atoms with Gasteiger partial charge in [0, 0.05) is 6.54 Å². The van der Waals surface area contributed by atoms with Crippen LogP contribution >= 0.6 is 11.6 Å². The minimum Gasteiger partial charge on any atom is -0.312 e. The molecule has 0 aliphatic carbocycles. The van der Waals surface area contributed by atoms with Gasteiger partial charge in [-0.1, -0.05) is 16.6 Å². The summed E-state index contributed by atoms with van der Waals surface area (Å²) < 4.78 is 49.5. The van der Waals surface area contributed by atoms with Crippen molar-refractivity contribution >= 4 is 37.3 Å². The Morgan fingerprint density at radius 3 is 2.29 bits per heavy atom. The normalized spacial score (nSPS) is 16.8. The average Bonchev–Trinajstić information content (AvgIpc) is 2.59. The molecule has 1 atom stereocenters. The molecule has 1 heterocycles. The number of sulfonamides is 2. The smallest absolute Gasteiger partial charge is 0.294 e. The molecule has 0 saturated heterocycles. The molecular formula is C10H11ClN6O12S2. The van der Waals surface area contributed by atoms with Crippen molar-refractivity contribution < 1.29 is 41.7 Å². The zero-order valence-corrected chi connectivity index (χ0v) is 17.1. The Bertz CT molecular complexity index is 1140. The van der Waals surface area contributed by atoms with Crippen molar-refractivity contribution in [1.29, 1.82) is 0 Å². The lowest BCUT2D eigenvalue weighted by atomic mass is 10.3. The SMILES string of the molecule is NS(=O)(=O)c1cc2c(cc1Cl)N([N+](=O)[O-])CN(CC(CO[N+](=O)[O-])O[N+](=O)[O-])S2(=O)=O. The van der Waals surface area contributed by atoms with Crippen LogP contribution in [0, 0.1) is 30.3 Å². The standard InChI is InChI=1S/C10H11ClN6O12S2/c11-7-1-8-10(2-9(7)30(12,24)25)31(26,27)13(5-14(8)15(18)19)3-6(29-17(22)23)4-28-16(20)21/h1-2,6H,3-5H2,(H2,12,24,25). The third kappa shape index (κ3) is 5.35. The van der Waals surface area contributed by atoms with Gasteiger partial charge in [-0.15, -0.1) is 20.2 Å². The number of halogens is 1. The number of nitrogens with zero attached hydrogens (tertiary/aromatic N) is 5. The lowest BCUT2D eigenvalue weighted by Crippen LogP contribution is -2.52. The van der Waals surface area contributed by atoms with Gasteiger partial charge in [0.25, 0.3) is 10.2 Å². The predicted octanol–water partition coefficient (Wildman–Crippen LogP) is -1.27.